The average molecular weight is 454 g/mol. The van der Waals surface area contributed by atoms with Crippen molar-refractivity contribution >= 4 is 5.97 Å². The molecule has 2 unspecified atom stereocenters. The highest BCUT2D eigenvalue weighted by Crippen LogP contribution is 2.55. The molecule has 5 aliphatic rings. The van der Waals surface area contributed by atoms with Crippen LogP contribution >= 0.6 is 0 Å². The van der Waals surface area contributed by atoms with Gasteiger partial charge in [-0.1, -0.05) is 6.08 Å². The summed E-state index contributed by atoms with van der Waals surface area (Å²) in [4.78, 5) is 16.2. The van der Waals surface area contributed by atoms with Crippen LogP contribution in [0.3, 0.4) is 0 Å². The highest BCUT2D eigenvalue weighted by Gasteiger charge is 2.57. The Morgan fingerprint density at radius 1 is 1.06 bits per heavy atom. The summed E-state index contributed by atoms with van der Waals surface area (Å²) in [5.74, 6) is 1.44. The summed E-state index contributed by atoms with van der Waals surface area (Å²) in [6.07, 6.45) is 7.92. The van der Waals surface area contributed by atoms with Gasteiger partial charge < -0.3 is 18.9 Å². The van der Waals surface area contributed by atoms with Crippen molar-refractivity contribution in [1.29, 1.82) is 0 Å². The molecule has 1 aromatic rings. The molecular formula is C27H35NO5. The Balaban J connectivity index is 1.39. The summed E-state index contributed by atoms with van der Waals surface area (Å²) in [5.41, 5.74) is 2.33. The van der Waals surface area contributed by atoms with E-state index in [0.717, 1.165) is 62.3 Å². The highest BCUT2D eigenvalue weighted by atomic mass is 16.7. The molecule has 0 N–H and O–H groups in total. The summed E-state index contributed by atoms with van der Waals surface area (Å²) in [6.45, 7) is 10.5. The summed E-state index contributed by atoms with van der Waals surface area (Å²) in [6, 6.07) is 4.30. The standard InChI is InChI=1S/C27H35NO5/c1-17-15-27-10-6-11-28(27)12-7-18-13-20-21(31-16-30-20)14-19(18)22(27)23(17)32-24(29)26(4)9-5-8-25(2,3)33-26/h13-15,22-23H,5-12,16H2,1-4H3/t22-,23?,26+,27?/m1/s1. The highest BCUT2D eigenvalue weighted by molar-refractivity contribution is 5.80. The molecule has 0 amide bonds. The summed E-state index contributed by atoms with van der Waals surface area (Å²) in [7, 11) is 0. The van der Waals surface area contributed by atoms with E-state index in [4.69, 9.17) is 18.9 Å². The van der Waals surface area contributed by atoms with Crippen molar-refractivity contribution in [1.82, 2.24) is 4.90 Å². The van der Waals surface area contributed by atoms with E-state index in [9.17, 15) is 4.79 Å². The number of hydrogen-bond donors (Lipinski definition) is 0. The monoisotopic (exact) mass is 453 g/mol. The molecule has 6 rings (SSSR count). The zero-order valence-corrected chi connectivity index (χ0v) is 20.2. The fourth-order valence-corrected chi connectivity index (χ4v) is 7.15. The second-order valence-corrected chi connectivity index (χ2v) is 11.4. The third kappa shape index (κ3) is 3.24. The summed E-state index contributed by atoms with van der Waals surface area (Å²) in [5, 5.41) is 0. The number of nitrogens with zero attached hydrogens (tertiary/aromatic N) is 1. The van der Waals surface area contributed by atoms with Crippen molar-refractivity contribution in [3.8, 4) is 11.5 Å². The van der Waals surface area contributed by atoms with Crippen molar-refractivity contribution in [2.75, 3.05) is 19.9 Å². The molecule has 0 bridgehead atoms. The first-order chi connectivity index (χ1) is 15.7. The van der Waals surface area contributed by atoms with Gasteiger partial charge in [0.1, 0.15) is 6.10 Å². The molecule has 4 atom stereocenters. The molecular weight excluding hydrogens is 418 g/mol. The zero-order valence-electron chi connectivity index (χ0n) is 20.2. The fourth-order valence-electron chi connectivity index (χ4n) is 7.15. The van der Waals surface area contributed by atoms with Gasteiger partial charge in [-0.3, -0.25) is 4.90 Å². The maximum absolute atomic E-state index is 13.6. The van der Waals surface area contributed by atoms with E-state index in [1.54, 1.807) is 0 Å². The van der Waals surface area contributed by atoms with Gasteiger partial charge in [0.05, 0.1) is 11.1 Å². The van der Waals surface area contributed by atoms with Gasteiger partial charge in [0.2, 0.25) is 6.79 Å². The third-order valence-electron chi connectivity index (χ3n) is 8.58. The van der Waals surface area contributed by atoms with Crippen LogP contribution in [0.2, 0.25) is 0 Å². The Hall–Kier alpha value is -2.05. The van der Waals surface area contributed by atoms with Crippen molar-refractivity contribution in [3.63, 3.8) is 0 Å². The zero-order chi connectivity index (χ0) is 23.0. The van der Waals surface area contributed by atoms with E-state index >= 15 is 0 Å². The van der Waals surface area contributed by atoms with Gasteiger partial charge in [0.25, 0.3) is 0 Å². The van der Waals surface area contributed by atoms with Crippen LogP contribution in [0.4, 0.5) is 0 Å². The first-order valence-corrected chi connectivity index (χ1v) is 12.5. The molecule has 4 aliphatic heterocycles. The number of esters is 1. The number of carbonyl (C=O) groups is 1. The Morgan fingerprint density at radius 3 is 2.64 bits per heavy atom. The van der Waals surface area contributed by atoms with Crippen molar-refractivity contribution < 1.29 is 23.7 Å². The smallest absolute Gasteiger partial charge is 0.338 e. The molecule has 1 aliphatic carbocycles. The number of ether oxygens (including phenoxy) is 4. The Morgan fingerprint density at radius 2 is 1.85 bits per heavy atom. The quantitative estimate of drug-likeness (QED) is 0.486. The molecule has 178 valence electrons. The topological polar surface area (TPSA) is 57.2 Å². The van der Waals surface area contributed by atoms with E-state index < -0.39 is 5.60 Å². The lowest BCUT2D eigenvalue weighted by molar-refractivity contribution is -0.206. The largest absolute Gasteiger partial charge is 0.455 e. The summed E-state index contributed by atoms with van der Waals surface area (Å²) < 4.78 is 24.2. The van der Waals surface area contributed by atoms with Gasteiger partial charge in [-0.25, -0.2) is 4.79 Å². The second kappa shape index (κ2) is 7.22. The second-order valence-electron chi connectivity index (χ2n) is 11.4. The number of benzene rings is 1. The van der Waals surface area contributed by atoms with Gasteiger partial charge in [0.15, 0.2) is 17.1 Å². The minimum absolute atomic E-state index is 0.0520. The van der Waals surface area contributed by atoms with Gasteiger partial charge in [-0.2, -0.15) is 0 Å². The molecule has 33 heavy (non-hydrogen) atoms. The van der Waals surface area contributed by atoms with Crippen molar-refractivity contribution in [2.24, 2.45) is 0 Å². The average Bonchev–Trinajstić information content (AvgIpc) is 3.41. The molecule has 6 heteroatoms. The van der Waals surface area contributed by atoms with E-state index in [0.29, 0.717) is 6.42 Å². The van der Waals surface area contributed by atoms with E-state index in [1.165, 1.54) is 11.1 Å². The Kier molecular flexibility index (Phi) is 4.70. The molecule has 0 saturated carbocycles. The van der Waals surface area contributed by atoms with Crippen LogP contribution in [-0.2, 0) is 20.7 Å². The van der Waals surface area contributed by atoms with E-state index in [-0.39, 0.29) is 35.9 Å². The molecule has 1 aromatic carbocycles. The molecule has 0 radical (unpaired) electrons. The van der Waals surface area contributed by atoms with Crippen LogP contribution in [0.25, 0.3) is 0 Å². The van der Waals surface area contributed by atoms with E-state index in [2.05, 4.69) is 43.9 Å². The molecule has 2 fully saturated rings. The Labute approximate surface area is 196 Å². The van der Waals surface area contributed by atoms with Crippen LogP contribution in [0.1, 0.15) is 76.8 Å². The lowest BCUT2D eigenvalue weighted by Crippen LogP contribution is -2.52. The van der Waals surface area contributed by atoms with Gasteiger partial charge in [-0.05, 0) is 102 Å². The van der Waals surface area contributed by atoms with E-state index in [1.807, 2.05) is 6.92 Å². The van der Waals surface area contributed by atoms with Crippen LogP contribution in [0.15, 0.2) is 23.8 Å². The minimum Gasteiger partial charge on any atom is -0.455 e. The number of fused-ring (bicyclic) bond motifs is 3. The maximum Gasteiger partial charge on any atom is 0.338 e. The lowest BCUT2D eigenvalue weighted by Gasteiger charge is -2.43. The van der Waals surface area contributed by atoms with Gasteiger partial charge in [-0.15, -0.1) is 0 Å². The predicted octanol–water partition coefficient (Wildman–Crippen LogP) is 4.50. The minimum atomic E-state index is -0.907. The number of hydrogen-bond acceptors (Lipinski definition) is 6. The Bertz CT molecular complexity index is 1030. The van der Waals surface area contributed by atoms with Crippen molar-refractivity contribution in [3.05, 3.63) is 34.9 Å². The van der Waals surface area contributed by atoms with Crippen LogP contribution in [-0.4, -0.2) is 53.6 Å². The third-order valence-corrected chi connectivity index (χ3v) is 8.58. The number of rotatable bonds is 2. The molecule has 1 spiro atoms. The van der Waals surface area contributed by atoms with Crippen LogP contribution in [0, 0.1) is 0 Å². The maximum atomic E-state index is 13.6. The first kappa shape index (κ1) is 21.5. The van der Waals surface area contributed by atoms with Gasteiger partial charge in [0, 0.05) is 12.5 Å². The fraction of sp³-hybridized carbons (Fsp3) is 0.667. The van der Waals surface area contributed by atoms with Crippen molar-refractivity contribution in [2.45, 2.75) is 95.0 Å². The number of carbonyl (C=O) groups excluding carboxylic acids is 1. The molecule has 6 nitrogen and oxygen atoms in total. The lowest BCUT2D eigenvalue weighted by atomic mass is 9.77. The molecule has 0 aromatic heterocycles. The van der Waals surface area contributed by atoms with Crippen LogP contribution < -0.4 is 9.47 Å². The predicted molar refractivity (Wildman–Crippen MR) is 124 cm³/mol. The first-order valence-electron chi connectivity index (χ1n) is 12.5. The van der Waals surface area contributed by atoms with Gasteiger partial charge >= 0.3 is 5.97 Å². The molecule has 2 saturated heterocycles. The SMILES string of the molecule is CC1=CC23CCCN2CCc2cc4c(cc2[C@@H]3C1OC(=O)[C@]1(C)CCCC(C)(C)O1)OCO4. The normalized spacial score (nSPS) is 36.4. The molecule has 4 heterocycles. The van der Waals surface area contributed by atoms with Crippen LogP contribution in [0.5, 0.6) is 11.5 Å². The summed E-state index contributed by atoms with van der Waals surface area (Å²) >= 11 is 0.